The summed E-state index contributed by atoms with van der Waals surface area (Å²) >= 11 is 0. The van der Waals surface area contributed by atoms with Crippen LogP contribution in [0, 0.1) is 0 Å². The first-order valence-corrected chi connectivity index (χ1v) is 10.3. The molecule has 2 aliphatic heterocycles. The zero-order valence-electron chi connectivity index (χ0n) is 17.5. The Bertz CT molecular complexity index is 1120. The highest BCUT2D eigenvalue weighted by Crippen LogP contribution is 2.30. The number of nitrogens with one attached hydrogen (secondary N) is 3. The summed E-state index contributed by atoms with van der Waals surface area (Å²) in [6, 6.07) is 18.2. The maximum Gasteiger partial charge on any atom is 0.278 e. The SMILES string of the molecule is CC1CCC(C(=O)Nc2ccccc2)=C2NC=C(C(=O)N/N=C/c3ccccc3)C(=O)N21. The minimum Gasteiger partial charge on any atom is -0.347 e. The van der Waals surface area contributed by atoms with Crippen molar-refractivity contribution < 1.29 is 14.4 Å². The van der Waals surface area contributed by atoms with Crippen LogP contribution in [-0.2, 0) is 14.4 Å². The molecule has 0 aliphatic carbocycles. The standard InChI is InChI=1S/C24H23N5O3/c1-16-12-13-19(22(30)27-18-10-6-3-7-11-18)21-25-15-20(24(32)29(16)21)23(31)28-26-14-17-8-4-2-5-9-17/h2-11,14-16,25H,12-13H2,1H3,(H,27,30)(H,28,31)/b26-14+. The second kappa shape index (κ2) is 9.30. The van der Waals surface area contributed by atoms with Gasteiger partial charge in [0.05, 0.1) is 11.8 Å². The van der Waals surface area contributed by atoms with Gasteiger partial charge in [-0.15, -0.1) is 0 Å². The lowest BCUT2D eigenvalue weighted by atomic mass is 9.96. The van der Waals surface area contributed by atoms with Crippen molar-refractivity contribution in [2.75, 3.05) is 5.32 Å². The number of benzene rings is 2. The molecule has 0 fully saturated rings. The van der Waals surface area contributed by atoms with E-state index in [9.17, 15) is 14.4 Å². The van der Waals surface area contributed by atoms with E-state index in [1.165, 1.54) is 17.3 Å². The van der Waals surface area contributed by atoms with E-state index in [-0.39, 0.29) is 17.5 Å². The first kappa shape index (κ1) is 21.0. The molecule has 32 heavy (non-hydrogen) atoms. The largest absolute Gasteiger partial charge is 0.347 e. The van der Waals surface area contributed by atoms with E-state index in [1.54, 1.807) is 12.1 Å². The Balaban J connectivity index is 1.52. The molecule has 2 aliphatic rings. The monoisotopic (exact) mass is 429 g/mol. The maximum atomic E-state index is 13.1. The predicted molar refractivity (Wildman–Crippen MR) is 121 cm³/mol. The molecule has 2 aromatic carbocycles. The van der Waals surface area contributed by atoms with Crippen molar-refractivity contribution in [1.29, 1.82) is 0 Å². The van der Waals surface area contributed by atoms with Gasteiger partial charge in [0.1, 0.15) is 11.4 Å². The number of hydrogen-bond donors (Lipinski definition) is 3. The number of amides is 3. The zero-order valence-corrected chi connectivity index (χ0v) is 17.5. The molecule has 4 rings (SSSR count). The number of rotatable bonds is 5. The molecule has 2 aromatic rings. The van der Waals surface area contributed by atoms with Crippen LogP contribution in [0.2, 0.25) is 0 Å². The van der Waals surface area contributed by atoms with Gasteiger partial charge in [-0.05, 0) is 37.5 Å². The molecule has 3 N–H and O–H groups in total. The van der Waals surface area contributed by atoms with Crippen LogP contribution >= 0.6 is 0 Å². The van der Waals surface area contributed by atoms with Gasteiger partial charge in [-0.1, -0.05) is 48.5 Å². The summed E-state index contributed by atoms with van der Waals surface area (Å²) in [4.78, 5) is 40.0. The normalized spacial score (nSPS) is 18.0. The van der Waals surface area contributed by atoms with Crippen LogP contribution in [0.25, 0.3) is 0 Å². The average molecular weight is 429 g/mol. The molecular formula is C24H23N5O3. The van der Waals surface area contributed by atoms with E-state index < -0.39 is 11.8 Å². The Hall–Kier alpha value is -4.20. The Morgan fingerprint density at radius 2 is 1.75 bits per heavy atom. The van der Waals surface area contributed by atoms with Crippen LogP contribution in [-0.4, -0.2) is 34.9 Å². The van der Waals surface area contributed by atoms with Crippen molar-refractivity contribution in [2.24, 2.45) is 5.10 Å². The Morgan fingerprint density at radius 1 is 1.06 bits per heavy atom. The fourth-order valence-electron chi connectivity index (χ4n) is 3.63. The molecule has 1 atom stereocenters. The fourth-order valence-corrected chi connectivity index (χ4v) is 3.63. The number of carbonyl (C=O) groups excluding carboxylic acids is 3. The summed E-state index contributed by atoms with van der Waals surface area (Å²) in [6.45, 7) is 1.89. The van der Waals surface area contributed by atoms with Crippen LogP contribution in [0.4, 0.5) is 5.69 Å². The lowest BCUT2D eigenvalue weighted by Crippen LogP contribution is -2.51. The van der Waals surface area contributed by atoms with Gasteiger partial charge in [-0.25, -0.2) is 5.43 Å². The van der Waals surface area contributed by atoms with Gasteiger partial charge in [-0.3, -0.25) is 19.3 Å². The van der Waals surface area contributed by atoms with Gasteiger partial charge >= 0.3 is 0 Å². The van der Waals surface area contributed by atoms with E-state index in [2.05, 4.69) is 21.2 Å². The molecule has 162 valence electrons. The van der Waals surface area contributed by atoms with E-state index in [0.717, 1.165) is 5.56 Å². The molecule has 1 unspecified atom stereocenters. The number of para-hydroxylation sites is 1. The molecule has 0 spiro atoms. The topological polar surface area (TPSA) is 103 Å². The van der Waals surface area contributed by atoms with Crippen LogP contribution < -0.4 is 16.1 Å². The summed E-state index contributed by atoms with van der Waals surface area (Å²) in [5.41, 5.74) is 4.27. The molecule has 2 heterocycles. The quantitative estimate of drug-likeness (QED) is 0.386. The van der Waals surface area contributed by atoms with Gasteiger partial charge in [0.15, 0.2) is 0 Å². The number of anilines is 1. The summed E-state index contributed by atoms with van der Waals surface area (Å²) in [5, 5.41) is 9.77. The fraction of sp³-hybridized carbons (Fsp3) is 0.167. The Morgan fingerprint density at radius 3 is 2.47 bits per heavy atom. The Kier molecular flexibility index (Phi) is 6.12. The van der Waals surface area contributed by atoms with Gasteiger partial charge < -0.3 is 10.6 Å². The number of fused-ring (bicyclic) bond motifs is 1. The molecule has 0 saturated heterocycles. The maximum absolute atomic E-state index is 13.1. The first-order valence-electron chi connectivity index (χ1n) is 10.3. The molecule has 0 radical (unpaired) electrons. The molecule has 8 heteroatoms. The van der Waals surface area contributed by atoms with Crippen molar-refractivity contribution >= 4 is 29.6 Å². The average Bonchev–Trinajstić information content (AvgIpc) is 2.80. The van der Waals surface area contributed by atoms with E-state index in [0.29, 0.717) is 29.9 Å². The lowest BCUT2D eigenvalue weighted by molar-refractivity contribution is -0.131. The third-order valence-electron chi connectivity index (χ3n) is 5.31. The van der Waals surface area contributed by atoms with Crippen molar-refractivity contribution in [2.45, 2.75) is 25.8 Å². The lowest BCUT2D eigenvalue weighted by Gasteiger charge is -2.39. The summed E-state index contributed by atoms with van der Waals surface area (Å²) < 4.78 is 0. The second-order valence-corrected chi connectivity index (χ2v) is 7.52. The minimum atomic E-state index is -0.623. The number of hydrogen-bond acceptors (Lipinski definition) is 5. The molecular weight excluding hydrogens is 406 g/mol. The minimum absolute atomic E-state index is 0.0736. The van der Waals surface area contributed by atoms with Gasteiger partial charge in [0.25, 0.3) is 17.7 Å². The van der Waals surface area contributed by atoms with E-state index in [1.807, 2.05) is 55.5 Å². The van der Waals surface area contributed by atoms with Crippen LogP contribution in [0.3, 0.4) is 0 Å². The number of nitrogens with zero attached hydrogens (tertiary/aromatic N) is 2. The van der Waals surface area contributed by atoms with Crippen LogP contribution in [0.1, 0.15) is 25.3 Å². The third-order valence-corrected chi connectivity index (χ3v) is 5.31. The summed E-state index contributed by atoms with van der Waals surface area (Å²) in [6.07, 6.45) is 3.95. The second-order valence-electron chi connectivity index (χ2n) is 7.52. The number of hydrazone groups is 1. The number of carbonyl (C=O) groups is 3. The van der Waals surface area contributed by atoms with Gasteiger partial charge in [0.2, 0.25) is 0 Å². The smallest absolute Gasteiger partial charge is 0.278 e. The van der Waals surface area contributed by atoms with Crippen molar-refractivity contribution in [3.05, 3.63) is 89.4 Å². The summed E-state index contributed by atoms with van der Waals surface area (Å²) in [5.74, 6) is -0.964. The predicted octanol–water partition coefficient (Wildman–Crippen LogP) is 2.49. The molecule has 8 nitrogen and oxygen atoms in total. The van der Waals surface area contributed by atoms with Crippen molar-refractivity contribution in [3.63, 3.8) is 0 Å². The molecule has 0 aromatic heterocycles. The van der Waals surface area contributed by atoms with Gasteiger partial charge in [0, 0.05) is 17.9 Å². The molecule has 0 saturated carbocycles. The highest BCUT2D eigenvalue weighted by molar-refractivity contribution is 6.19. The van der Waals surface area contributed by atoms with Crippen molar-refractivity contribution in [3.8, 4) is 0 Å². The summed E-state index contributed by atoms with van der Waals surface area (Å²) in [7, 11) is 0. The van der Waals surface area contributed by atoms with Gasteiger partial charge in [-0.2, -0.15) is 5.10 Å². The third kappa shape index (κ3) is 4.44. The van der Waals surface area contributed by atoms with E-state index in [4.69, 9.17) is 0 Å². The first-order chi connectivity index (χ1) is 15.5. The van der Waals surface area contributed by atoms with E-state index >= 15 is 0 Å². The Labute approximate surface area is 185 Å². The molecule has 0 bridgehead atoms. The highest BCUT2D eigenvalue weighted by Gasteiger charge is 2.38. The van der Waals surface area contributed by atoms with Crippen LogP contribution in [0.5, 0.6) is 0 Å². The molecule has 3 amide bonds. The highest BCUT2D eigenvalue weighted by atomic mass is 16.2. The van der Waals surface area contributed by atoms with Crippen LogP contribution in [0.15, 0.2) is 88.9 Å². The zero-order chi connectivity index (χ0) is 22.5. The van der Waals surface area contributed by atoms with Crippen molar-refractivity contribution in [1.82, 2.24) is 15.6 Å².